The maximum absolute atomic E-state index is 13.3. The second-order valence-corrected chi connectivity index (χ2v) is 8.39. The van der Waals surface area contributed by atoms with E-state index in [4.69, 9.17) is 14.5 Å². The Morgan fingerprint density at radius 2 is 2.00 bits per heavy atom. The number of hydrogen-bond acceptors (Lipinski definition) is 6. The molecule has 2 aliphatic rings. The Morgan fingerprint density at radius 3 is 2.69 bits per heavy atom. The Labute approximate surface area is 174 Å². The van der Waals surface area contributed by atoms with Crippen LogP contribution in [0.5, 0.6) is 5.75 Å². The van der Waals surface area contributed by atoms with E-state index < -0.39 is 5.92 Å². The van der Waals surface area contributed by atoms with Gasteiger partial charge in [0, 0.05) is 34.2 Å². The predicted octanol–water partition coefficient (Wildman–Crippen LogP) is 4.50. The summed E-state index contributed by atoms with van der Waals surface area (Å²) in [5, 5.41) is 1.97. The minimum Gasteiger partial charge on any atom is -0.497 e. The molecule has 0 fully saturated rings. The molecule has 0 saturated heterocycles. The maximum Gasteiger partial charge on any atom is 0.315 e. The maximum atomic E-state index is 13.3. The molecule has 1 unspecified atom stereocenters. The number of ether oxygens (including phenoxy) is 2. The van der Waals surface area contributed by atoms with Crippen LogP contribution in [0.25, 0.3) is 0 Å². The van der Waals surface area contributed by atoms with E-state index in [0.717, 1.165) is 21.9 Å². The first-order chi connectivity index (χ1) is 14.0. The van der Waals surface area contributed by atoms with Gasteiger partial charge in [0.2, 0.25) is 0 Å². The largest absolute Gasteiger partial charge is 0.497 e. The molecule has 1 aliphatic carbocycles. The van der Waals surface area contributed by atoms with Crippen molar-refractivity contribution < 1.29 is 19.1 Å². The number of allylic oxidation sites excluding steroid dienone is 2. The Balaban J connectivity index is 1.77. The van der Waals surface area contributed by atoms with Crippen LogP contribution in [0, 0.1) is 5.92 Å². The number of aliphatic imine (C=N–C) groups is 1. The van der Waals surface area contributed by atoms with Gasteiger partial charge in [0.15, 0.2) is 5.78 Å². The van der Waals surface area contributed by atoms with Gasteiger partial charge in [0.1, 0.15) is 11.7 Å². The van der Waals surface area contributed by atoms with Crippen LogP contribution in [0.2, 0.25) is 0 Å². The number of carbonyl (C=O) groups excluding carboxylic acids is 2. The van der Waals surface area contributed by atoms with Gasteiger partial charge in [0.05, 0.1) is 14.2 Å². The number of benzene rings is 1. The summed E-state index contributed by atoms with van der Waals surface area (Å²) >= 11 is 1.56. The molecule has 0 amide bonds. The number of Topliss-reactive ketones (excluding diaryl/α,β-unsaturated/α-hetero) is 1. The molecule has 29 heavy (non-hydrogen) atoms. The van der Waals surface area contributed by atoms with Crippen LogP contribution >= 0.6 is 11.3 Å². The van der Waals surface area contributed by atoms with Gasteiger partial charge in [-0.3, -0.25) is 14.6 Å². The van der Waals surface area contributed by atoms with Crippen molar-refractivity contribution in [1.82, 2.24) is 0 Å². The number of nitrogens with zero attached hydrogens (tertiary/aromatic N) is 1. The number of thiophene rings is 1. The highest BCUT2D eigenvalue weighted by Crippen LogP contribution is 2.47. The standard InChI is InChI=1S/C23H23NO4S/c1-13-20(23(26)28-3)22(19-8-5-9-29-19)21-17(24-13)11-15(12-18(21)25)14-6-4-7-16(10-14)27-2/h4-10,15,20,22H,11-12H2,1-3H3/t15-,20?,22-/m0/s1. The lowest BCUT2D eigenvalue weighted by Crippen LogP contribution is -2.37. The van der Waals surface area contributed by atoms with Gasteiger partial charge in [-0.15, -0.1) is 11.3 Å². The molecule has 2 aromatic rings. The van der Waals surface area contributed by atoms with Gasteiger partial charge in [-0.25, -0.2) is 0 Å². The lowest BCUT2D eigenvalue weighted by atomic mass is 9.71. The van der Waals surface area contributed by atoms with E-state index in [0.29, 0.717) is 24.1 Å². The van der Waals surface area contributed by atoms with E-state index in [9.17, 15) is 9.59 Å². The van der Waals surface area contributed by atoms with Crippen molar-refractivity contribution in [3.8, 4) is 5.75 Å². The zero-order valence-corrected chi connectivity index (χ0v) is 17.5. The average molecular weight is 410 g/mol. The van der Waals surface area contributed by atoms with Gasteiger partial charge in [0.25, 0.3) is 0 Å². The van der Waals surface area contributed by atoms with Crippen molar-refractivity contribution in [3.63, 3.8) is 0 Å². The summed E-state index contributed by atoms with van der Waals surface area (Å²) in [4.78, 5) is 31.6. The third-order valence-corrected chi connectivity index (χ3v) is 6.71. The summed E-state index contributed by atoms with van der Waals surface area (Å²) < 4.78 is 10.4. The Hall–Kier alpha value is -2.73. The quantitative estimate of drug-likeness (QED) is 0.697. The summed E-state index contributed by atoms with van der Waals surface area (Å²) in [6.07, 6.45) is 1.07. The molecule has 0 bridgehead atoms. The summed E-state index contributed by atoms with van der Waals surface area (Å²) in [6.45, 7) is 1.85. The van der Waals surface area contributed by atoms with Crippen LogP contribution in [0.1, 0.15) is 42.0 Å². The first-order valence-electron chi connectivity index (χ1n) is 9.60. The van der Waals surface area contributed by atoms with Crippen molar-refractivity contribution in [1.29, 1.82) is 0 Å². The summed E-state index contributed by atoms with van der Waals surface area (Å²) in [7, 11) is 3.02. The highest BCUT2D eigenvalue weighted by Gasteiger charge is 2.45. The Morgan fingerprint density at radius 1 is 1.17 bits per heavy atom. The Kier molecular flexibility index (Phi) is 5.37. The van der Waals surface area contributed by atoms with Crippen molar-refractivity contribution in [2.75, 3.05) is 14.2 Å². The average Bonchev–Trinajstić information content (AvgIpc) is 3.26. The van der Waals surface area contributed by atoms with Gasteiger partial charge in [-0.05, 0) is 48.4 Å². The lowest BCUT2D eigenvalue weighted by molar-refractivity contribution is -0.143. The number of methoxy groups -OCH3 is 2. The molecule has 150 valence electrons. The fraction of sp³-hybridized carbons (Fsp3) is 0.348. The van der Waals surface area contributed by atoms with Gasteiger partial charge >= 0.3 is 5.97 Å². The Bertz CT molecular complexity index is 1010. The summed E-state index contributed by atoms with van der Waals surface area (Å²) in [5.41, 5.74) is 3.24. The van der Waals surface area contributed by atoms with E-state index in [1.807, 2.05) is 48.7 Å². The van der Waals surface area contributed by atoms with Crippen LogP contribution in [0.15, 0.2) is 58.0 Å². The van der Waals surface area contributed by atoms with Crippen molar-refractivity contribution in [2.24, 2.45) is 10.9 Å². The van der Waals surface area contributed by atoms with Crippen LogP contribution in [-0.2, 0) is 14.3 Å². The molecule has 0 N–H and O–H groups in total. The highest BCUT2D eigenvalue weighted by atomic mass is 32.1. The fourth-order valence-corrected chi connectivity index (χ4v) is 5.27. The van der Waals surface area contributed by atoms with Crippen LogP contribution < -0.4 is 4.74 Å². The molecular formula is C23H23NO4S. The van der Waals surface area contributed by atoms with E-state index >= 15 is 0 Å². The highest BCUT2D eigenvalue weighted by molar-refractivity contribution is 7.10. The number of esters is 1. The van der Waals surface area contributed by atoms with E-state index in [1.54, 1.807) is 18.4 Å². The number of rotatable bonds is 4. The third kappa shape index (κ3) is 3.53. The molecule has 1 aromatic heterocycles. The fourth-order valence-electron chi connectivity index (χ4n) is 4.40. The van der Waals surface area contributed by atoms with E-state index in [1.165, 1.54) is 7.11 Å². The third-order valence-electron chi connectivity index (χ3n) is 5.76. The van der Waals surface area contributed by atoms with Gasteiger partial charge < -0.3 is 9.47 Å². The molecule has 6 heteroatoms. The minimum absolute atomic E-state index is 0.0477. The van der Waals surface area contributed by atoms with Crippen LogP contribution in [0.3, 0.4) is 0 Å². The number of hydrogen-bond donors (Lipinski definition) is 0. The molecule has 0 radical (unpaired) electrons. The summed E-state index contributed by atoms with van der Waals surface area (Å²) in [5.74, 6) is -0.350. The van der Waals surface area contributed by atoms with E-state index in [-0.39, 0.29) is 23.6 Å². The van der Waals surface area contributed by atoms with Gasteiger partial charge in [-0.2, -0.15) is 0 Å². The molecule has 5 nitrogen and oxygen atoms in total. The minimum atomic E-state index is -0.560. The van der Waals surface area contributed by atoms with Crippen LogP contribution in [0.4, 0.5) is 0 Å². The first-order valence-corrected chi connectivity index (χ1v) is 10.5. The smallest absolute Gasteiger partial charge is 0.315 e. The number of ketones is 1. The predicted molar refractivity (Wildman–Crippen MR) is 113 cm³/mol. The molecular weight excluding hydrogens is 386 g/mol. The molecule has 1 aliphatic heterocycles. The zero-order chi connectivity index (χ0) is 20.5. The van der Waals surface area contributed by atoms with Crippen molar-refractivity contribution >= 4 is 28.8 Å². The molecule has 1 aromatic carbocycles. The second-order valence-electron chi connectivity index (χ2n) is 7.41. The molecule has 0 saturated carbocycles. The molecule has 2 heterocycles. The lowest BCUT2D eigenvalue weighted by Gasteiger charge is -2.35. The SMILES string of the molecule is COC(=O)C1C(C)=NC2=C(C(=O)C[C@@H](c3cccc(OC)c3)C2)[C@H]1c1cccs1. The van der Waals surface area contributed by atoms with Gasteiger partial charge in [-0.1, -0.05) is 18.2 Å². The molecule has 4 rings (SSSR count). The monoisotopic (exact) mass is 409 g/mol. The normalized spacial score (nSPS) is 24.0. The second kappa shape index (κ2) is 7.95. The van der Waals surface area contributed by atoms with Crippen molar-refractivity contribution in [2.45, 2.75) is 31.6 Å². The summed E-state index contributed by atoms with van der Waals surface area (Å²) in [6, 6.07) is 11.8. The topological polar surface area (TPSA) is 65.0 Å². The van der Waals surface area contributed by atoms with E-state index in [2.05, 4.69) is 0 Å². The molecule has 3 atom stereocenters. The first kappa shape index (κ1) is 19.6. The zero-order valence-electron chi connectivity index (χ0n) is 16.7. The number of carbonyl (C=O) groups is 2. The van der Waals surface area contributed by atoms with Crippen molar-refractivity contribution in [3.05, 3.63) is 63.5 Å². The van der Waals surface area contributed by atoms with Crippen LogP contribution in [-0.4, -0.2) is 31.7 Å². The molecule has 0 spiro atoms.